The maximum Gasteiger partial charge on any atom is 0.293 e. The molecule has 1 aliphatic heterocycles. The molecular weight excluding hydrogens is 332 g/mol. The van der Waals surface area contributed by atoms with Gasteiger partial charge in [0.2, 0.25) is 0 Å². The highest BCUT2D eigenvalue weighted by Crippen LogP contribution is 2.32. The summed E-state index contributed by atoms with van der Waals surface area (Å²) in [5.41, 5.74) is 2.56. The quantitative estimate of drug-likeness (QED) is 0.759. The predicted molar refractivity (Wildman–Crippen MR) is 98.6 cm³/mol. The second-order valence-electron chi connectivity index (χ2n) is 5.66. The number of carbonyl (C=O) groups is 2. The summed E-state index contributed by atoms with van der Waals surface area (Å²) in [5, 5.41) is 8.59. The molecule has 1 saturated heterocycles. The van der Waals surface area contributed by atoms with Crippen molar-refractivity contribution in [3.8, 4) is 6.07 Å². The van der Waals surface area contributed by atoms with Gasteiger partial charge in [-0.2, -0.15) is 5.26 Å². The Morgan fingerprint density at radius 3 is 2.44 bits per heavy atom. The molecule has 5 heteroatoms. The maximum absolute atomic E-state index is 12.4. The van der Waals surface area contributed by atoms with E-state index in [4.69, 9.17) is 5.26 Å². The topological polar surface area (TPSA) is 61.2 Å². The summed E-state index contributed by atoms with van der Waals surface area (Å²) in [6.45, 7) is 0.421. The van der Waals surface area contributed by atoms with Crippen LogP contribution in [0.25, 0.3) is 6.08 Å². The molecule has 0 aromatic heterocycles. The third-order valence-corrected chi connectivity index (χ3v) is 4.81. The largest absolute Gasteiger partial charge is 0.293 e. The van der Waals surface area contributed by atoms with Crippen LogP contribution in [0.3, 0.4) is 0 Å². The standard InChI is InChI=1S/C20H16N2O2S/c21-14-17-10-8-16(9-11-17)13-18-19(23)22(20(24)25-18)12-4-7-15-5-2-1-3-6-15/h1-3,5-6,8-11,13H,4,7,12H2/b18-13+. The van der Waals surface area contributed by atoms with Crippen molar-refractivity contribution in [2.45, 2.75) is 12.8 Å². The van der Waals surface area contributed by atoms with Gasteiger partial charge in [0.1, 0.15) is 0 Å². The van der Waals surface area contributed by atoms with Crippen molar-refractivity contribution < 1.29 is 9.59 Å². The second kappa shape index (κ2) is 7.82. The van der Waals surface area contributed by atoms with Crippen molar-refractivity contribution in [2.75, 3.05) is 6.54 Å². The van der Waals surface area contributed by atoms with E-state index in [-0.39, 0.29) is 11.1 Å². The van der Waals surface area contributed by atoms with Gasteiger partial charge in [0.15, 0.2) is 0 Å². The van der Waals surface area contributed by atoms with Crippen molar-refractivity contribution >= 4 is 29.0 Å². The monoisotopic (exact) mass is 348 g/mol. The summed E-state index contributed by atoms with van der Waals surface area (Å²) in [4.78, 5) is 26.3. The maximum atomic E-state index is 12.4. The van der Waals surface area contributed by atoms with E-state index in [0.29, 0.717) is 17.0 Å². The fraction of sp³-hybridized carbons (Fsp3) is 0.150. The SMILES string of the molecule is N#Cc1ccc(/C=C2/SC(=O)N(CCCc3ccccc3)C2=O)cc1. The number of carbonyl (C=O) groups excluding carboxylic acids is 2. The molecule has 1 fully saturated rings. The fourth-order valence-corrected chi connectivity index (χ4v) is 3.45. The molecule has 2 amide bonds. The molecule has 25 heavy (non-hydrogen) atoms. The van der Waals surface area contributed by atoms with E-state index in [1.165, 1.54) is 10.5 Å². The van der Waals surface area contributed by atoms with Crippen LogP contribution in [0.15, 0.2) is 59.5 Å². The number of amides is 2. The van der Waals surface area contributed by atoms with Crippen LogP contribution in [-0.2, 0) is 11.2 Å². The van der Waals surface area contributed by atoms with E-state index >= 15 is 0 Å². The Labute approximate surface area is 150 Å². The number of aryl methyl sites for hydroxylation is 1. The highest BCUT2D eigenvalue weighted by molar-refractivity contribution is 8.18. The third-order valence-electron chi connectivity index (χ3n) is 3.90. The number of benzene rings is 2. The van der Waals surface area contributed by atoms with Gasteiger partial charge in [-0.05, 0) is 53.9 Å². The van der Waals surface area contributed by atoms with Crippen molar-refractivity contribution in [3.05, 3.63) is 76.2 Å². The van der Waals surface area contributed by atoms with Crippen LogP contribution in [-0.4, -0.2) is 22.6 Å². The predicted octanol–water partition coefficient (Wildman–Crippen LogP) is 4.23. The van der Waals surface area contributed by atoms with Crippen molar-refractivity contribution in [1.29, 1.82) is 5.26 Å². The van der Waals surface area contributed by atoms with E-state index in [9.17, 15) is 9.59 Å². The van der Waals surface area contributed by atoms with Crippen LogP contribution in [0.1, 0.15) is 23.1 Å². The Morgan fingerprint density at radius 1 is 1.04 bits per heavy atom. The summed E-state index contributed by atoms with van der Waals surface area (Å²) < 4.78 is 0. The second-order valence-corrected chi connectivity index (χ2v) is 6.65. The van der Waals surface area contributed by atoms with Crippen LogP contribution < -0.4 is 0 Å². The number of thioether (sulfide) groups is 1. The molecule has 0 atom stereocenters. The van der Waals surface area contributed by atoms with E-state index < -0.39 is 0 Å². The molecule has 0 spiro atoms. The molecule has 2 aromatic rings. The normalized spacial score (nSPS) is 15.6. The average molecular weight is 348 g/mol. The molecule has 0 bridgehead atoms. The number of imide groups is 1. The Hall–Kier alpha value is -2.84. The van der Waals surface area contributed by atoms with Crippen LogP contribution in [0.5, 0.6) is 0 Å². The minimum atomic E-state index is -0.243. The van der Waals surface area contributed by atoms with Crippen LogP contribution in [0.4, 0.5) is 4.79 Å². The number of nitriles is 1. The van der Waals surface area contributed by atoms with Crippen LogP contribution in [0, 0.1) is 11.3 Å². The number of nitrogens with zero attached hydrogens (tertiary/aromatic N) is 2. The molecule has 0 saturated carbocycles. The smallest absolute Gasteiger partial charge is 0.268 e. The Bertz CT molecular complexity index is 852. The number of rotatable bonds is 5. The first-order valence-corrected chi connectivity index (χ1v) is 8.78. The summed E-state index contributed by atoms with van der Waals surface area (Å²) >= 11 is 0.966. The zero-order chi connectivity index (χ0) is 17.6. The molecule has 0 N–H and O–H groups in total. The minimum Gasteiger partial charge on any atom is -0.268 e. The van der Waals surface area contributed by atoms with Gasteiger partial charge in [0.05, 0.1) is 16.5 Å². The zero-order valence-corrected chi connectivity index (χ0v) is 14.3. The van der Waals surface area contributed by atoms with Crippen molar-refractivity contribution in [2.24, 2.45) is 0 Å². The molecule has 1 heterocycles. The number of hydrogen-bond acceptors (Lipinski definition) is 4. The molecule has 0 aliphatic carbocycles. The van der Waals surface area contributed by atoms with E-state index in [1.807, 2.05) is 30.3 Å². The molecule has 2 aromatic carbocycles. The van der Waals surface area contributed by atoms with Gasteiger partial charge >= 0.3 is 0 Å². The molecule has 0 unspecified atom stereocenters. The Morgan fingerprint density at radius 2 is 1.76 bits per heavy atom. The van der Waals surface area contributed by atoms with E-state index in [0.717, 1.165) is 30.2 Å². The number of hydrogen-bond donors (Lipinski definition) is 0. The van der Waals surface area contributed by atoms with Gasteiger partial charge in [-0.15, -0.1) is 0 Å². The molecule has 0 radical (unpaired) electrons. The van der Waals surface area contributed by atoms with Gasteiger partial charge in [-0.25, -0.2) is 0 Å². The summed E-state index contributed by atoms with van der Waals surface area (Å²) in [6, 6.07) is 19.0. The third kappa shape index (κ3) is 4.17. The van der Waals surface area contributed by atoms with Crippen molar-refractivity contribution in [1.82, 2.24) is 4.90 Å². The van der Waals surface area contributed by atoms with Crippen molar-refractivity contribution in [3.63, 3.8) is 0 Å². The first kappa shape index (κ1) is 17.0. The lowest BCUT2D eigenvalue weighted by molar-refractivity contribution is -0.122. The van der Waals surface area contributed by atoms with E-state index in [1.54, 1.807) is 30.3 Å². The lowest BCUT2D eigenvalue weighted by Gasteiger charge is -2.12. The summed E-state index contributed by atoms with van der Waals surface area (Å²) in [6.07, 6.45) is 3.27. The molecule has 124 valence electrons. The van der Waals surface area contributed by atoms with Gasteiger partial charge in [0, 0.05) is 6.54 Å². The first-order chi connectivity index (χ1) is 12.2. The fourth-order valence-electron chi connectivity index (χ4n) is 2.58. The van der Waals surface area contributed by atoms with Crippen LogP contribution in [0.2, 0.25) is 0 Å². The Balaban J connectivity index is 1.63. The Kier molecular flexibility index (Phi) is 5.32. The van der Waals surface area contributed by atoms with Gasteiger partial charge < -0.3 is 0 Å². The lowest BCUT2D eigenvalue weighted by Crippen LogP contribution is -2.29. The highest BCUT2D eigenvalue weighted by atomic mass is 32.2. The van der Waals surface area contributed by atoms with Crippen LogP contribution >= 0.6 is 11.8 Å². The average Bonchev–Trinajstić information content (AvgIpc) is 2.90. The zero-order valence-electron chi connectivity index (χ0n) is 13.5. The molecule has 1 aliphatic rings. The lowest BCUT2D eigenvalue weighted by atomic mass is 10.1. The molecular formula is C20H16N2O2S. The molecule has 3 rings (SSSR count). The molecule has 4 nitrogen and oxygen atoms in total. The van der Waals surface area contributed by atoms with Gasteiger partial charge in [-0.3, -0.25) is 14.5 Å². The van der Waals surface area contributed by atoms with Gasteiger partial charge in [0.25, 0.3) is 11.1 Å². The van der Waals surface area contributed by atoms with Gasteiger partial charge in [-0.1, -0.05) is 42.5 Å². The minimum absolute atomic E-state index is 0.224. The summed E-state index contributed by atoms with van der Waals surface area (Å²) in [5.74, 6) is -0.243. The first-order valence-electron chi connectivity index (χ1n) is 7.97. The van der Waals surface area contributed by atoms with E-state index in [2.05, 4.69) is 6.07 Å². The highest BCUT2D eigenvalue weighted by Gasteiger charge is 2.34. The summed E-state index contributed by atoms with van der Waals surface area (Å²) in [7, 11) is 0.